The summed E-state index contributed by atoms with van der Waals surface area (Å²) < 4.78 is 2.50. The fraction of sp³-hybridized carbons (Fsp3) is 0.0217. The molecule has 1 spiro atoms. The number of benzene rings is 7. The summed E-state index contributed by atoms with van der Waals surface area (Å²) in [6, 6.07) is 58.9. The molecule has 0 bridgehead atoms. The van der Waals surface area contributed by atoms with Crippen molar-refractivity contribution in [2.75, 3.05) is 0 Å². The fourth-order valence-electron chi connectivity index (χ4n) is 8.28. The molecule has 0 atom stereocenters. The van der Waals surface area contributed by atoms with Gasteiger partial charge in [-0.2, -0.15) is 0 Å². The van der Waals surface area contributed by atoms with Crippen LogP contribution in [-0.4, -0.2) is 15.0 Å². The Kier molecular flexibility index (Phi) is 6.27. The smallest absolute Gasteiger partial charge is 0.164 e. The highest BCUT2D eigenvalue weighted by atomic mass is 32.2. The van der Waals surface area contributed by atoms with Gasteiger partial charge < -0.3 is 0 Å². The second-order valence-electron chi connectivity index (χ2n) is 13.1. The van der Waals surface area contributed by atoms with Crippen LogP contribution in [0.25, 0.3) is 65.5 Å². The van der Waals surface area contributed by atoms with Crippen LogP contribution in [0.2, 0.25) is 0 Å². The van der Waals surface area contributed by atoms with Crippen LogP contribution < -0.4 is 0 Å². The van der Waals surface area contributed by atoms with Gasteiger partial charge in [0.05, 0.1) is 5.41 Å². The van der Waals surface area contributed by atoms with Crippen LogP contribution in [0.3, 0.4) is 0 Å². The summed E-state index contributed by atoms with van der Waals surface area (Å²) in [5.41, 5.74) is 10.6. The molecule has 3 heterocycles. The fourth-order valence-corrected chi connectivity index (χ4v) is 10.6. The Morgan fingerprint density at radius 1 is 0.412 bits per heavy atom. The summed E-state index contributed by atoms with van der Waals surface area (Å²) in [6.07, 6.45) is 0. The van der Waals surface area contributed by atoms with Gasteiger partial charge in [-0.15, -0.1) is 11.3 Å². The molecule has 0 amide bonds. The Morgan fingerprint density at radius 2 is 0.961 bits per heavy atom. The maximum atomic E-state index is 5.03. The van der Waals surface area contributed by atoms with Crippen molar-refractivity contribution in [1.82, 2.24) is 15.0 Å². The first kappa shape index (κ1) is 28.9. The van der Waals surface area contributed by atoms with Crippen molar-refractivity contribution in [3.8, 4) is 45.3 Å². The first-order valence-electron chi connectivity index (χ1n) is 17.1. The van der Waals surface area contributed by atoms with Crippen LogP contribution in [0, 0.1) is 0 Å². The zero-order valence-electron chi connectivity index (χ0n) is 27.2. The zero-order valence-corrected chi connectivity index (χ0v) is 28.9. The van der Waals surface area contributed by atoms with Gasteiger partial charge in [-0.3, -0.25) is 0 Å². The van der Waals surface area contributed by atoms with E-state index in [2.05, 4.69) is 127 Å². The van der Waals surface area contributed by atoms with E-state index < -0.39 is 0 Å². The van der Waals surface area contributed by atoms with E-state index in [-0.39, 0.29) is 5.41 Å². The molecule has 2 aromatic heterocycles. The van der Waals surface area contributed by atoms with Crippen LogP contribution in [0.1, 0.15) is 22.3 Å². The molecule has 0 unspecified atom stereocenters. The maximum absolute atomic E-state index is 5.03. The van der Waals surface area contributed by atoms with E-state index in [0.717, 1.165) is 16.7 Å². The van der Waals surface area contributed by atoms with Crippen molar-refractivity contribution >= 4 is 43.3 Å². The lowest BCUT2D eigenvalue weighted by atomic mass is 9.67. The molecule has 0 N–H and O–H groups in total. The second kappa shape index (κ2) is 11.1. The summed E-state index contributed by atoms with van der Waals surface area (Å²) in [6.45, 7) is 0. The predicted octanol–water partition coefficient (Wildman–Crippen LogP) is 12.1. The van der Waals surface area contributed by atoms with Gasteiger partial charge in [-0.1, -0.05) is 151 Å². The normalized spacial score (nSPS) is 13.6. The zero-order chi connectivity index (χ0) is 33.5. The molecule has 51 heavy (non-hydrogen) atoms. The molecule has 7 aromatic carbocycles. The van der Waals surface area contributed by atoms with E-state index in [9.17, 15) is 0 Å². The lowest BCUT2D eigenvalue weighted by Crippen LogP contribution is -2.31. The molecule has 11 rings (SSSR count). The number of hydrogen-bond acceptors (Lipinski definition) is 5. The topological polar surface area (TPSA) is 38.7 Å². The number of fused-ring (bicyclic) bond motifs is 13. The molecule has 3 nitrogen and oxygen atoms in total. The Bertz CT molecular complexity index is 2740. The summed E-state index contributed by atoms with van der Waals surface area (Å²) in [7, 11) is 0. The van der Waals surface area contributed by atoms with Crippen molar-refractivity contribution in [1.29, 1.82) is 0 Å². The minimum absolute atomic E-state index is 0.390. The van der Waals surface area contributed by atoms with Gasteiger partial charge in [0.15, 0.2) is 17.5 Å². The summed E-state index contributed by atoms with van der Waals surface area (Å²) in [5.74, 6) is 2.01. The summed E-state index contributed by atoms with van der Waals surface area (Å²) in [5, 5.41) is 2.58. The average molecular weight is 686 g/mol. The standard InChI is InChI=1S/C46H27N3S2/c1-3-13-28(14-4-1)43-47-44(29-15-5-2-6-16-29)49-45(48-43)30-23-24-32-40(27-30)51-39-26-25-36-41(42(32)39)31-17-7-8-18-33(31)46(36)34-19-9-11-21-37(34)50-38-22-12-10-20-35(38)46/h1-27H. The van der Waals surface area contributed by atoms with Gasteiger partial charge in [-0.05, 0) is 57.6 Å². The Morgan fingerprint density at radius 3 is 1.61 bits per heavy atom. The molecule has 0 radical (unpaired) electrons. The third-order valence-corrected chi connectivity index (χ3v) is 12.7. The van der Waals surface area contributed by atoms with Gasteiger partial charge in [0.25, 0.3) is 0 Å². The Labute approximate surface area is 303 Å². The van der Waals surface area contributed by atoms with Gasteiger partial charge in [0.1, 0.15) is 0 Å². The van der Waals surface area contributed by atoms with Crippen LogP contribution in [0.5, 0.6) is 0 Å². The largest absolute Gasteiger partial charge is 0.208 e. The Hall–Kier alpha value is -5.88. The third-order valence-electron chi connectivity index (χ3n) is 10.4. The van der Waals surface area contributed by atoms with Crippen LogP contribution in [0.4, 0.5) is 0 Å². The third kappa shape index (κ3) is 4.16. The first-order valence-corrected chi connectivity index (χ1v) is 18.7. The van der Waals surface area contributed by atoms with E-state index in [1.165, 1.54) is 63.3 Å². The number of nitrogens with zero attached hydrogens (tertiary/aromatic N) is 3. The van der Waals surface area contributed by atoms with E-state index in [1.54, 1.807) is 0 Å². The molecular formula is C46H27N3S2. The van der Waals surface area contributed by atoms with Crippen LogP contribution in [-0.2, 0) is 5.41 Å². The van der Waals surface area contributed by atoms with Crippen molar-refractivity contribution in [3.05, 3.63) is 186 Å². The highest BCUT2D eigenvalue weighted by molar-refractivity contribution is 7.99. The maximum Gasteiger partial charge on any atom is 0.164 e. The molecule has 5 heteroatoms. The van der Waals surface area contributed by atoms with Crippen molar-refractivity contribution < 1.29 is 0 Å². The quantitative estimate of drug-likeness (QED) is 0.186. The summed E-state index contributed by atoms with van der Waals surface area (Å²) >= 11 is 3.73. The number of thiophene rings is 1. The number of hydrogen-bond donors (Lipinski definition) is 0. The minimum atomic E-state index is -0.390. The van der Waals surface area contributed by atoms with Crippen LogP contribution in [0.15, 0.2) is 174 Å². The predicted molar refractivity (Wildman–Crippen MR) is 210 cm³/mol. The van der Waals surface area contributed by atoms with E-state index in [4.69, 9.17) is 15.0 Å². The highest BCUT2D eigenvalue weighted by Crippen LogP contribution is 2.63. The highest BCUT2D eigenvalue weighted by Gasteiger charge is 2.50. The molecule has 0 fully saturated rings. The van der Waals surface area contributed by atoms with Crippen molar-refractivity contribution in [2.24, 2.45) is 0 Å². The molecule has 0 saturated heterocycles. The molecule has 2 aliphatic rings. The monoisotopic (exact) mass is 685 g/mol. The number of rotatable bonds is 3. The van der Waals surface area contributed by atoms with Gasteiger partial charge >= 0.3 is 0 Å². The van der Waals surface area contributed by atoms with Crippen molar-refractivity contribution in [2.45, 2.75) is 15.2 Å². The molecule has 9 aromatic rings. The lowest BCUT2D eigenvalue weighted by molar-refractivity contribution is 0.723. The van der Waals surface area contributed by atoms with Gasteiger partial charge in [-0.25, -0.2) is 15.0 Å². The van der Waals surface area contributed by atoms with E-state index in [1.807, 2.05) is 59.5 Å². The molecule has 0 saturated carbocycles. The molecule has 1 aliphatic carbocycles. The van der Waals surface area contributed by atoms with Gasteiger partial charge in [0, 0.05) is 46.7 Å². The van der Waals surface area contributed by atoms with E-state index in [0.29, 0.717) is 17.5 Å². The number of aromatic nitrogens is 3. The van der Waals surface area contributed by atoms with Crippen LogP contribution >= 0.6 is 23.1 Å². The minimum Gasteiger partial charge on any atom is -0.208 e. The summed E-state index contributed by atoms with van der Waals surface area (Å²) in [4.78, 5) is 17.6. The molecular weight excluding hydrogens is 659 g/mol. The average Bonchev–Trinajstić information content (AvgIpc) is 3.72. The van der Waals surface area contributed by atoms with E-state index >= 15 is 0 Å². The molecule has 238 valence electrons. The lowest BCUT2D eigenvalue weighted by Gasteiger charge is -2.39. The SMILES string of the molecule is c1ccc(-c2nc(-c3ccccc3)nc(-c3ccc4c(c3)sc3ccc5c(c34)-c3ccccc3C53c4ccccc4Sc4ccccc43)n2)cc1. The Balaban J connectivity index is 1.15. The first-order chi connectivity index (χ1) is 25.3. The van der Waals surface area contributed by atoms with Crippen molar-refractivity contribution in [3.63, 3.8) is 0 Å². The second-order valence-corrected chi connectivity index (χ2v) is 15.3. The molecule has 1 aliphatic heterocycles. The van der Waals surface area contributed by atoms with Gasteiger partial charge in [0.2, 0.25) is 0 Å².